The van der Waals surface area contributed by atoms with E-state index in [-0.39, 0.29) is 17.0 Å². The van der Waals surface area contributed by atoms with Crippen LogP contribution in [0.1, 0.15) is 47.2 Å². The summed E-state index contributed by atoms with van der Waals surface area (Å²) in [4.78, 5) is 31.0. The molecule has 0 bridgehead atoms. The predicted octanol–water partition coefficient (Wildman–Crippen LogP) is 2.46. The smallest absolute Gasteiger partial charge is 0.344 e. The maximum atomic E-state index is 12.8. The molecule has 3 saturated heterocycles. The molecule has 0 radical (unpaired) electrons. The van der Waals surface area contributed by atoms with Gasteiger partial charge in [0.25, 0.3) is 5.91 Å². The van der Waals surface area contributed by atoms with Gasteiger partial charge < -0.3 is 15.5 Å². The van der Waals surface area contributed by atoms with Gasteiger partial charge in [-0.05, 0) is 56.3 Å². The number of nitrogens with two attached hydrogens (primary N) is 1. The predicted molar refractivity (Wildman–Crippen MR) is 123 cm³/mol. The molecule has 2 N–H and O–H groups in total. The summed E-state index contributed by atoms with van der Waals surface area (Å²) in [6.07, 6.45) is 7.47. The largest absolute Gasteiger partial charge is 0.371 e. The third-order valence-electron chi connectivity index (χ3n) is 7.40. The third-order valence-corrected chi connectivity index (χ3v) is 7.40. The zero-order valence-electron chi connectivity index (χ0n) is 18.8. The summed E-state index contributed by atoms with van der Waals surface area (Å²) in [5.41, 5.74) is 9.80. The zero-order chi connectivity index (χ0) is 22.3. The Labute approximate surface area is 188 Å². The quantitative estimate of drug-likeness (QED) is 0.796. The maximum absolute atomic E-state index is 12.8. The maximum Gasteiger partial charge on any atom is 0.344 e. The molecule has 3 aliphatic rings. The second kappa shape index (κ2) is 8.24. The highest BCUT2D eigenvalue weighted by Crippen LogP contribution is 2.40. The van der Waals surface area contributed by atoms with Gasteiger partial charge in [-0.25, -0.2) is 4.79 Å². The van der Waals surface area contributed by atoms with E-state index in [1.54, 1.807) is 0 Å². The number of hydrogen-bond acceptors (Lipinski definition) is 5. The second-order valence-corrected chi connectivity index (χ2v) is 9.77. The fraction of sp³-hybridized carbons (Fsp3) is 0.542. The minimum atomic E-state index is -0.572. The van der Waals surface area contributed by atoms with Crippen LogP contribution in [-0.2, 0) is 6.54 Å². The summed E-state index contributed by atoms with van der Waals surface area (Å²) in [5.74, 6) is -0.572. The molecule has 1 atom stereocenters. The monoisotopic (exact) mass is 436 g/mol. The molecular weight excluding hydrogens is 404 g/mol. The molecule has 3 aliphatic heterocycles. The van der Waals surface area contributed by atoms with Gasteiger partial charge in [0.15, 0.2) is 0 Å². The second-order valence-electron chi connectivity index (χ2n) is 9.77. The Morgan fingerprint density at radius 1 is 1.09 bits per heavy atom. The van der Waals surface area contributed by atoms with Crippen LogP contribution >= 0.6 is 0 Å². The van der Waals surface area contributed by atoms with Gasteiger partial charge in [0.1, 0.15) is 0 Å². The van der Waals surface area contributed by atoms with Crippen molar-refractivity contribution in [3.8, 4) is 0 Å². The van der Waals surface area contributed by atoms with Crippen LogP contribution in [0.3, 0.4) is 0 Å². The number of aryl methyl sites for hydroxylation is 1. The molecule has 5 rings (SSSR count). The van der Waals surface area contributed by atoms with E-state index in [1.165, 1.54) is 59.8 Å². The van der Waals surface area contributed by atoms with Crippen LogP contribution in [0.15, 0.2) is 30.6 Å². The fourth-order valence-corrected chi connectivity index (χ4v) is 5.68. The van der Waals surface area contributed by atoms with Crippen LogP contribution < -0.4 is 10.6 Å². The Kier molecular flexibility index (Phi) is 5.41. The summed E-state index contributed by atoms with van der Waals surface area (Å²) in [5, 5.41) is 4.02. The van der Waals surface area contributed by atoms with Crippen molar-refractivity contribution in [2.75, 3.05) is 44.2 Å². The first-order valence-corrected chi connectivity index (χ1v) is 11.6. The SMILES string of the molecule is Cc1cc(CN2CCC3(CCN(C(=O)n4cc(C(N)=O)cn4)C3)C2)ccc1N1CCCC1. The fourth-order valence-electron chi connectivity index (χ4n) is 5.68. The van der Waals surface area contributed by atoms with Crippen molar-refractivity contribution >= 4 is 17.6 Å². The van der Waals surface area contributed by atoms with Crippen LogP contribution in [0.2, 0.25) is 0 Å². The summed E-state index contributed by atoms with van der Waals surface area (Å²) in [6, 6.07) is 6.74. The Bertz CT molecular complexity index is 1030. The third kappa shape index (κ3) is 3.99. The zero-order valence-corrected chi connectivity index (χ0v) is 18.8. The normalized spacial score (nSPS) is 23.5. The number of hydrogen-bond donors (Lipinski definition) is 1. The van der Waals surface area contributed by atoms with E-state index in [9.17, 15) is 9.59 Å². The number of rotatable bonds is 4. The highest BCUT2D eigenvalue weighted by molar-refractivity contribution is 5.93. The summed E-state index contributed by atoms with van der Waals surface area (Å²) < 4.78 is 1.23. The van der Waals surface area contributed by atoms with E-state index in [4.69, 9.17) is 5.73 Å². The first-order chi connectivity index (χ1) is 15.4. The lowest BCUT2D eigenvalue weighted by molar-refractivity contribution is 0.100. The van der Waals surface area contributed by atoms with Crippen molar-refractivity contribution in [2.45, 2.75) is 39.2 Å². The van der Waals surface area contributed by atoms with Gasteiger partial charge in [0, 0.05) is 56.6 Å². The molecule has 8 heteroatoms. The molecule has 4 heterocycles. The molecule has 0 saturated carbocycles. The van der Waals surface area contributed by atoms with Crippen LogP contribution in [0, 0.1) is 12.3 Å². The minimum Gasteiger partial charge on any atom is -0.371 e. The van der Waals surface area contributed by atoms with Crippen LogP contribution in [0.25, 0.3) is 0 Å². The highest BCUT2D eigenvalue weighted by atomic mass is 16.2. The molecule has 0 aliphatic carbocycles. The van der Waals surface area contributed by atoms with Crippen molar-refractivity contribution in [1.82, 2.24) is 19.6 Å². The van der Waals surface area contributed by atoms with Gasteiger partial charge in [-0.2, -0.15) is 9.78 Å². The number of benzene rings is 1. The molecule has 8 nitrogen and oxygen atoms in total. The molecule has 1 aromatic heterocycles. The van der Waals surface area contributed by atoms with Crippen molar-refractivity contribution in [1.29, 1.82) is 0 Å². The number of aromatic nitrogens is 2. The van der Waals surface area contributed by atoms with Crippen molar-refractivity contribution in [3.63, 3.8) is 0 Å². The molecule has 1 aromatic carbocycles. The van der Waals surface area contributed by atoms with Gasteiger partial charge in [-0.15, -0.1) is 0 Å². The summed E-state index contributed by atoms with van der Waals surface area (Å²) >= 11 is 0. The van der Waals surface area contributed by atoms with Gasteiger partial charge >= 0.3 is 6.03 Å². The average Bonchev–Trinajstić information content (AvgIpc) is 3.57. The Morgan fingerprint density at radius 2 is 1.88 bits per heavy atom. The summed E-state index contributed by atoms with van der Waals surface area (Å²) in [7, 11) is 0. The minimum absolute atomic E-state index is 0.153. The van der Waals surface area contributed by atoms with Crippen LogP contribution in [0.5, 0.6) is 0 Å². The van der Waals surface area contributed by atoms with E-state index in [2.05, 4.69) is 40.0 Å². The Hall–Kier alpha value is -2.87. The number of likely N-dealkylation sites (tertiary alicyclic amines) is 2. The van der Waals surface area contributed by atoms with E-state index >= 15 is 0 Å². The Morgan fingerprint density at radius 3 is 2.59 bits per heavy atom. The first-order valence-electron chi connectivity index (χ1n) is 11.6. The van der Waals surface area contributed by atoms with Crippen LogP contribution in [0.4, 0.5) is 10.5 Å². The number of nitrogens with zero attached hydrogens (tertiary/aromatic N) is 5. The molecule has 170 valence electrons. The molecule has 3 fully saturated rings. The number of anilines is 1. The number of carbonyl (C=O) groups excluding carboxylic acids is 2. The van der Waals surface area contributed by atoms with Crippen molar-refractivity contribution in [2.24, 2.45) is 11.1 Å². The first kappa shape index (κ1) is 21.0. The Balaban J connectivity index is 1.19. The van der Waals surface area contributed by atoms with Gasteiger partial charge in [0.05, 0.1) is 11.8 Å². The molecule has 2 amide bonds. The van der Waals surface area contributed by atoms with E-state index < -0.39 is 5.91 Å². The lowest BCUT2D eigenvalue weighted by Gasteiger charge is -2.25. The molecular formula is C24H32N6O2. The van der Waals surface area contributed by atoms with Crippen molar-refractivity contribution < 1.29 is 9.59 Å². The molecule has 1 spiro atoms. The lowest BCUT2D eigenvalue weighted by Crippen LogP contribution is -2.36. The van der Waals surface area contributed by atoms with Crippen molar-refractivity contribution in [3.05, 3.63) is 47.3 Å². The van der Waals surface area contributed by atoms with E-state index in [1.807, 2.05) is 4.90 Å². The molecule has 32 heavy (non-hydrogen) atoms. The topological polar surface area (TPSA) is 87.7 Å². The van der Waals surface area contributed by atoms with Gasteiger partial charge in [-0.1, -0.05) is 12.1 Å². The van der Waals surface area contributed by atoms with E-state index in [0.717, 1.165) is 45.6 Å². The van der Waals surface area contributed by atoms with Gasteiger partial charge in [-0.3, -0.25) is 9.69 Å². The summed E-state index contributed by atoms with van der Waals surface area (Å²) in [6.45, 7) is 9.06. The van der Waals surface area contributed by atoms with E-state index in [0.29, 0.717) is 0 Å². The van der Waals surface area contributed by atoms with Crippen LogP contribution in [-0.4, -0.2) is 70.8 Å². The standard InChI is InChI=1S/C24H32N6O2/c1-18-12-19(4-5-21(18)28-8-2-3-9-28)14-27-10-6-24(16-27)7-11-29(17-24)23(32)30-15-20(13-26-30)22(25)31/h4-5,12-13,15H,2-3,6-11,14,16-17H2,1H3,(H2,25,31). The average molecular weight is 437 g/mol. The number of amides is 2. The lowest BCUT2D eigenvalue weighted by atomic mass is 9.86. The number of carbonyl (C=O) groups is 2. The molecule has 2 aromatic rings. The molecule has 1 unspecified atom stereocenters. The van der Waals surface area contributed by atoms with Gasteiger partial charge in [0.2, 0.25) is 0 Å². The number of primary amides is 1. The highest BCUT2D eigenvalue weighted by Gasteiger charge is 2.45.